The van der Waals surface area contributed by atoms with Crippen molar-refractivity contribution in [3.8, 4) is 5.95 Å². The van der Waals surface area contributed by atoms with Crippen molar-refractivity contribution >= 4 is 0 Å². The Morgan fingerprint density at radius 3 is 2.08 bits per heavy atom. The predicted molar refractivity (Wildman–Crippen MR) is 133 cm³/mol. The second-order valence-corrected chi connectivity index (χ2v) is 8.90. The van der Waals surface area contributed by atoms with Gasteiger partial charge in [0.15, 0.2) is 0 Å². The molecule has 1 N–H and O–H groups in total. The average Bonchev–Trinajstić information content (AvgIpc) is 2.92. The van der Waals surface area contributed by atoms with E-state index >= 15 is 0 Å². The smallest absolute Gasteiger partial charge is 0.251 e. The van der Waals surface area contributed by atoms with Gasteiger partial charge in [-0.25, -0.2) is 9.55 Å². The first-order valence-corrected chi connectivity index (χ1v) is 12.2. The van der Waals surface area contributed by atoms with Crippen molar-refractivity contribution in [1.82, 2.24) is 9.97 Å². The third kappa shape index (κ3) is 6.68. The topological polar surface area (TPSA) is 49.6 Å². The molecule has 4 nitrogen and oxygen atoms in total. The Bertz CT molecular complexity index is 1270. The summed E-state index contributed by atoms with van der Waals surface area (Å²) in [4.78, 5) is 20.6. The number of nitrogens with one attached hydrogen (secondary N) is 1. The number of aromatic nitrogens is 3. The van der Waals surface area contributed by atoms with E-state index in [2.05, 4.69) is 4.98 Å². The van der Waals surface area contributed by atoms with E-state index in [9.17, 15) is 18.0 Å². The van der Waals surface area contributed by atoms with Gasteiger partial charge in [-0.3, -0.25) is 4.79 Å². The van der Waals surface area contributed by atoms with Gasteiger partial charge in [0.2, 0.25) is 0 Å². The van der Waals surface area contributed by atoms with Crippen LogP contribution >= 0.6 is 0 Å². The minimum Gasteiger partial charge on any atom is -0.251 e. The third-order valence-electron chi connectivity index (χ3n) is 6.29. The molecule has 0 bridgehead atoms. The number of pyridine rings is 1. The minimum atomic E-state index is -4.42. The van der Waals surface area contributed by atoms with E-state index in [4.69, 9.17) is 4.98 Å². The van der Waals surface area contributed by atoms with Crippen LogP contribution in [0.2, 0.25) is 0 Å². The van der Waals surface area contributed by atoms with Gasteiger partial charge in [-0.1, -0.05) is 84.9 Å². The summed E-state index contributed by atoms with van der Waals surface area (Å²) in [7, 11) is 0. The maximum absolute atomic E-state index is 13.1. The van der Waals surface area contributed by atoms with Crippen molar-refractivity contribution in [2.75, 3.05) is 0 Å². The molecule has 2 aromatic heterocycles. The monoisotopic (exact) mass is 492 g/mol. The van der Waals surface area contributed by atoms with Gasteiger partial charge < -0.3 is 0 Å². The molecule has 1 aliphatic rings. The largest absolute Gasteiger partial charge is 0.416 e. The van der Waals surface area contributed by atoms with E-state index in [0.717, 1.165) is 44.2 Å². The molecule has 1 fully saturated rings. The standard InChI is InChI=1S/C23H22F3N3O.C6H6/c24-23(25,26)18-11-7-8-16(14-18)15-19-20(17-9-3-1-4-10-17)27-22(28-21(19)30)29-12-5-2-6-13-29;1-2-4-6-5-3-1/h2,5-8,11-14,17H,1,3-4,9-10,15H2;1-6H/p+1. The Labute approximate surface area is 208 Å². The molecule has 1 aliphatic carbocycles. The third-order valence-corrected chi connectivity index (χ3v) is 6.29. The van der Waals surface area contributed by atoms with Gasteiger partial charge >= 0.3 is 17.7 Å². The lowest BCUT2D eigenvalue weighted by Crippen LogP contribution is -2.36. The van der Waals surface area contributed by atoms with E-state index in [1.54, 1.807) is 23.0 Å². The highest BCUT2D eigenvalue weighted by Crippen LogP contribution is 2.34. The summed E-state index contributed by atoms with van der Waals surface area (Å²) in [6.45, 7) is 0. The highest BCUT2D eigenvalue weighted by atomic mass is 19.4. The number of H-pyrrole nitrogens is 1. The second-order valence-electron chi connectivity index (χ2n) is 8.90. The predicted octanol–water partition coefficient (Wildman–Crippen LogP) is 6.39. The Morgan fingerprint density at radius 2 is 1.47 bits per heavy atom. The lowest BCUT2D eigenvalue weighted by molar-refractivity contribution is -0.603. The molecule has 2 aromatic carbocycles. The Kier molecular flexibility index (Phi) is 8.31. The second kappa shape index (κ2) is 11.8. The zero-order valence-corrected chi connectivity index (χ0v) is 19.9. The van der Waals surface area contributed by atoms with Gasteiger partial charge in [0.05, 0.1) is 23.5 Å². The summed E-state index contributed by atoms with van der Waals surface area (Å²) in [5.74, 6) is 0.568. The Balaban J connectivity index is 0.000000445. The van der Waals surface area contributed by atoms with Crippen molar-refractivity contribution < 1.29 is 17.7 Å². The molecule has 0 radical (unpaired) electrons. The molecule has 36 heavy (non-hydrogen) atoms. The maximum Gasteiger partial charge on any atom is 0.416 e. The molecule has 4 aromatic rings. The molecule has 0 atom stereocenters. The van der Waals surface area contributed by atoms with Crippen LogP contribution in [0.1, 0.15) is 60.4 Å². The zero-order chi connectivity index (χ0) is 25.4. The lowest BCUT2D eigenvalue weighted by Gasteiger charge is -2.21. The number of hydrogen-bond donors (Lipinski definition) is 1. The molecule has 7 heteroatoms. The summed E-state index contributed by atoms with van der Waals surface area (Å²) in [5.41, 5.74) is 0.618. The van der Waals surface area contributed by atoms with E-state index < -0.39 is 11.7 Å². The van der Waals surface area contributed by atoms with Crippen LogP contribution in [0.25, 0.3) is 5.95 Å². The van der Waals surface area contributed by atoms with Gasteiger partial charge in [0.25, 0.3) is 0 Å². The molecular weight excluding hydrogens is 463 g/mol. The number of halogens is 3. The van der Waals surface area contributed by atoms with Gasteiger partial charge in [-0.15, -0.1) is 0 Å². The maximum atomic E-state index is 13.1. The highest BCUT2D eigenvalue weighted by molar-refractivity contribution is 5.33. The number of benzene rings is 2. The fourth-order valence-corrected chi connectivity index (χ4v) is 4.50. The van der Waals surface area contributed by atoms with Crippen LogP contribution in [0.4, 0.5) is 13.2 Å². The van der Waals surface area contributed by atoms with Crippen molar-refractivity contribution in [3.63, 3.8) is 0 Å². The molecule has 0 spiro atoms. The first-order chi connectivity index (χ1) is 17.4. The van der Waals surface area contributed by atoms with E-state index in [1.165, 1.54) is 6.07 Å². The number of aromatic amines is 1. The molecule has 2 heterocycles. The molecule has 186 valence electrons. The summed E-state index contributed by atoms with van der Waals surface area (Å²) in [6, 6.07) is 22.7. The van der Waals surface area contributed by atoms with Crippen LogP contribution in [0.3, 0.4) is 0 Å². The summed E-state index contributed by atoms with van der Waals surface area (Å²) in [5, 5.41) is 0. The van der Waals surface area contributed by atoms with E-state index in [-0.39, 0.29) is 17.9 Å². The fourth-order valence-electron chi connectivity index (χ4n) is 4.50. The molecule has 0 saturated heterocycles. The van der Waals surface area contributed by atoms with Crippen molar-refractivity contribution in [2.24, 2.45) is 0 Å². The Morgan fingerprint density at radius 1 is 0.861 bits per heavy atom. The Hall–Kier alpha value is -3.74. The number of nitrogens with zero attached hydrogens (tertiary/aromatic N) is 2. The summed E-state index contributed by atoms with van der Waals surface area (Å²) in [6.07, 6.45) is 4.47. The van der Waals surface area contributed by atoms with Crippen LogP contribution in [0.15, 0.2) is 96.1 Å². The van der Waals surface area contributed by atoms with Crippen LogP contribution in [0.5, 0.6) is 0 Å². The molecule has 0 unspecified atom stereocenters. The van der Waals surface area contributed by atoms with Crippen molar-refractivity contribution in [1.29, 1.82) is 0 Å². The molecule has 1 saturated carbocycles. The SMILES string of the molecule is O=c1[nH]c(-[n+]2ccccc2)nc(C2CCCCC2)c1Cc1cccc(C(F)(F)F)c1.c1ccccc1. The van der Waals surface area contributed by atoms with Crippen molar-refractivity contribution in [2.45, 2.75) is 50.6 Å². The molecular formula is C29H29F3N3O+. The average molecular weight is 493 g/mol. The highest BCUT2D eigenvalue weighted by Gasteiger charge is 2.31. The molecule has 5 rings (SSSR count). The molecule has 0 amide bonds. The van der Waals surface area contributed by atoms with Crippen LogP contribution < -0.4 is 10.1 Å². The van der Waals surface area contributed by atoms with Gasteiger partial charge in [0.1, 0.15) is 5.69 Å². The lowest BCUT2D eigenvalue weighted by atomic mass is 9.84. The number of rotatable bonds is 4. The van der Waals surface area contributed by atoms with Gasteiger partial charge in [-0.05, 0) is 36.6 Å². The summed E-state index contributed by atoms with van der Waals surface area (Å²) >= 11 is 0. The number of hydrogen-bond acceptors (Lipinski definition) is 2. The van der Waals surface area contributed by atoms with E-state index in [1.807, 2.05) is 54.6 Å². The van der Waals surface area contributed by atoms with E-state index in [0.29, 0.717) is 22.8 Å². The van der Waals surface area contributed by atoms with Crippen LogP contribution in [0, 0.1) is 0 Å². The van der Waals surface area contributed by atoms with Crippen LogP contribution in [-0.4, -0.2) is 9.97 Å². The fraction of sp³-hybridized carbons (Fsp3) is 0.276. The summed E-state index contributed by atoms with van der Waals surface area (Å²) < 4.78 is 41.1. The molecule has 0 aliphatic heterocycles. The van der Waals surface area contributed by atoms with Gasteiger partial charge in [-0.2, -0.15) is 13.2 Å². The first kappa shape index (κ1) is 25.4. The van der Waals surface area contributed by atoms with Crippen molar-refractivity contribution in [3.05, 3.63) is 124 Å². The normalized spacial score (nSPS) is 14.1. The minimum absolute atomic E-state index is 0.123. The first-order valence-electron chi connectivity index (χ1n) is 12.2. The van der Waals surface area contributed by atoms with Gasteiger partial charge in [0, 0.05) is 12.3 Å². The quantitative estimate of drug-likeness (QED) is 0.336. The number of alkyl halides is 3. The van der Waals surface area contributed by atoms with Crippen LogP contribution in [-0.2, 0) is 12.6 Å². The zero-order valence-electron chi connectivity index (χ0n) is 19.9.